The van der Waals surface area contributed by atoms with E-state index in [-0.39, 0.29) is 106 Å². The molecule has 0 aromatic heterocycles. The molecular formula is C6H15K2O9P. The molecule has 0 aliphatic carbocycles. The Balaban J connectivity index is -0.000000320. The number of rotatable bonds is 3. The zero-order valence-corrected chi connectivity index (χ0v) is 17.1. The molecule has 0 aromatic carbocycles. The van der Waals surface area contributed by atoms with Gasteiger partial charge in [0.15, 0.2) is 6.29 Å². The van der Waals surface area contributed by atoms with Crippen LogP contribution < -0.4 is 103 Å². The first kappa shape index (κ1) is 23.4. The smallest absolute Gasteiger partial charge is 1.00 e. The maximum atomic E-state index is 10.4. The summed E-state index contributed by atoms with van der Waals surface area (Å²) < 4.78 is 19.0. The number of hydrogen-bond donors (Lipinski definition) is 6. The fraction of sp³-hybridized carbons (Fsp3) is 1.00. The van der Waals surface area contributed by atoms with Crippen molar-refractivity contribution in [3.63, 3.8) is 0 Å². The zero-order chi connectivity index (χ0) is 12.5. The van der Waals surface area contributed by atoms with E-state index in [0.29, 0.717) is 0 Å². The molecule has 1 aliphatic heterocycles. The summed E-state index contributed by atoms with van der Waals surface area (Å²) in [5.41, 5.74) is 0. The van der Waals surface area contributed by atoms with Crippen molar-refractivity contribution in [3.8, 4) is 0 Å². The van der Waals surface area contributed by atoms with Gasteiger partial charge >= 0.3 is 111 Å². The van der Waals surface area contributed by atoms with E-state index < -0.39 is 45.1 Å². The second-order valence-electron chi connectivity index (χ2n) is 3.32. The van der Waals surface area contributed by atoms with E-state index in [1.807, 2.05) is 0 Å². The molecule has 0 radical (unpaired) electrons. The van der Waals surface area contributed by atoms with Gasteiger partial charge in [-0.05, 0) is 0 Å². The van der Waals surface area contributed by atoms with Gasteiger partial charge in [-0.3, -0.25) is 4.52 Å². The van der Waals surface area contributed by atoms with Crippen LogP contribution in [0.1, 0.15) is 2.85 Å². The van der Waals surface area contributed by atoms with Crippen LogP contribution in [0.25, 0.3) is 0 Å². The minimum Gasteiger partial charge on any atom is -1.00 e. The van der Waals surface area contributed by atoms with Crippen LogP contribution in [0.4, 0.5) is 0 Å². The first-order valence-electron chi connectivity index (χ1n) is 4.30. The Labute approximate surface area is 191 Å². The molecule has 0 saturated carbocycles. The molecule has 1 heterocycles. The van der Waals surface area contributed by atoms with Gasteiger partial charge in [0, 0.05) is 0 Å². The number of hydrogen-bond acceptors (Lipinski definition) is 7. The van der Waals surface area contributed by atoms with Crippen LogP contribution in [0.15, 0.2) is 0 Å². The van der Waals surface area contributed by atoms with Crippen molar-refractivity contribution in [1.29, 1.82) is 0 Å². The van der Waals surface area contributed by atoms with Crippen LogP contribution in [0.3, 0.4) is 0 Å². The van der Waals surface area contributed by atoms with E-state index in [0.717, 1.165) is 0 Å². The molecule has 5 atom stereocenters. The monoisotopic (exact) mass is 340 g/mol. The summed E-state index contributed by atoms with van der Waals surface area (Å²) in [7, 11) is -4.73. The van der Waals surface area contributed by atoms with Gasteiger partial charge in [0.25, 0.3) is 0 Å². The minimum atomic E-state index is -4.73. The van der Waals surface area contributed by atoms with Gasteiger partial charge in [0.2, 0.25) is 0 Å². The summed E-state index contributed by atoms with van der Waals surface area (Å²) in [6.07, 6.45) is -8.11. The maximum absolute atomic E-state index is 10.4. The predicted molar refractivity (Wildman–Crippen MR) is 49.1 cm³/mol. The molecular weight excluding hydrogens is 325 g/mol. The summed E-state index contributed by atoms with van der Waals surface area (Å²) in [4.78, 5) is 16.8. The fourth-order valence-electron chi connectivity index (χ4n) is 1.24. The standard InChI is InChI=1S/C6H13O9P.2K.2H/c7-3-2(1-14-16(11,12)13)15-6(10)5(9)4(3)8;;;;/h2-10H,1H2,(H2,11,12,13);;;;/q;2*+1;2*-1/t2-,3-,4+,5-,6+;;;;/m1..../s1. The van der Waals surface area contributed by atoms with Crippen LogP contribution in [-0.4, -0.2) is 67.5 Å². The Morgan fingerprint density at radius 1 is 1.06 bits per heavy atom. The molecule has 1 saturated heterocycles. The quantitative estimate of drug-likeness (QED) is 0.217. The molecule has 0 aromatic rings. The van der Waals surface area contributed by atoms with Crippen molar-refractivity contribution < 1.29 is 150 Å². The van der Waals surface area contributed by atoms with E-state index in [9.17, 15) is 14.8 Å². The predicted octanol–water partition coefficient (Wildman–Crippen LogP) is -8.87. The van der Waals surface area contributed by atoms with E-state index in [1.54, 1.807) is 0 Å². The maximum Gasteiger partial charge on any atom is 1.00 e. The largest absolute Gasteiger partial charge is 1.00 e. The van der Waals surface area contributed by atoms with Gasteiger partial charge in [-0.15, -0.1) is 0 Å². The van der Waals surface area contributed by atoms with Crippen LogP contribution >= 0.6 is 7.82 Å². The summed E-state index contributed by atoms with van der Waals surface area (Å²) in [5, 5.41) is 36.7. The topological polar surface area (TPSA) is 157 Å². The molecule has 0 spiro atoms. The van der Waals surface area contributed by atoms with Crippen molar-refractivity contribution in [2.45, 2.75) is 30.7 Å². The zero-order valence-electron chi connectivity index (χ0n) is 11.9. The molecule has 1 rings (SSSR count). The van der Waals surface area contributed by atoms with Gasteiger partial charge in [0.05, 0.1) is 6.61 Å². The van der Waals surface area contributed by atoms with E-state index >= 15 is 0 Å². The van der Waals surface area contributed by atoms with Gasteiger partial charge in [-0.25, -0.2) is 4.57 Å². The molecule has 18 heavy (non-hydrogen) atoms. The molecule has 100 valence electrons. The molecule has 1 aliphatic rings. The van der Waals surface area contributed by atoms with Crippen LogP contribution in [0, 0.1) is 0 Å². The Morgan fingerprint density at radius 3 is 2.00 bits per heavy atom. The Hall–Kier alpha value is 3.18. The van der Waals surface area contributed by atoms with E-state index in [2.05, 4.69) is 9.26 Å². The van der Waals surface area contributed by atoms with Crippen molar-refractivity contribution in [2.24, 2.45) is 0 Å². The van der Waals surface area contributed by atoms with E-state index in [4.69, 9.17) is 20.0 Å². The second-order valence-corrected chi connectivity index (χ2v) is 4.56. The number of phosphoric ester groups is 1. The Kier molecular flexibility index (Phi) is 13.1. The average Bonchev–Trinajstić information content (AvgIpc) is 2.17. The fourth-order valence-corrected chi connectivity index (χ4v) is 1.58. The van der Waals surface area contributed by atoms with Crippen LogP contribution in [0.2, 0.25) is 0 Å². The molecule has 1 fully saturated rings. The summed E-state index contributed by atoms with van der Waals surface area (Å²) in [6, 6.07) is 0. The minimum absolute atomic E-state index is 0. The Morgan fingerprint density at radius 2 is 1.56 bits per heavy atom. The molecule has 9 nitrogen and oxygen atoms in total. The number of ether oxygens (including phenoxy) is 1. The summed E-state index contributed by atoms with van der Waals surface area (Å²) in [5.74, 6) is 0. The normalized spacial score (nSPS) is 36.4. The van der Waals surface area contributed by atoms with Crippen LogP contribution in [0.5, 0.6) is 0 Å². The summed E-state index contributed by atoms with van der Waals surface area (Å²) >= 11 is 0. The molecule has 12 heteroatoms. The first-order chi connectivity index (χ1) is 7.22. The first-order valence-corrected chi connectivity index (χ1v) is 5.83. The third-order valence-corrected chi connectivity index (χ3v) is 2.58. The van der Waals surface area contributed by atoms with Crippen LogP contribution in [-0.2, 0) is 13.8 Å². The Bertz CT molecular complexity index is 296. The summed E-state index contributed by atoms with van der Waals surface area (Å²) in [6.45, 7) is -0.730. The van der Waals surface area contributed by atoms with Gasteiger partial charge in [-0.2, -0.15) is 0 Å². The molecule has 0 unspecified atom stereocenters. The third-order valence-electron chi connectivity index (χ3n) is 2.09. The third kappa shape index (κ3) is 7.45. The average molecular weight is 340 g/mol. The van der Waals surface area contributed by atoms with Gasteiger partial charge < -0.3 is 37.8 Å². The SMILES string of the molecule is O=P(O)(O)OC[C@H]1O[C@H](O)[C@H](O)[C@@H](O)[C@@H]1O.[H-].[H-].[K+].[K+]. The van der Waals surface area contributed by atoms with Crippen molar-refractivity contribution >= 4 is 7.82 Å². The van der Waals surface area contributed by atoms with Gasteiger partial charge in [-0.1, -0.05) is 0 Å². The van der Waals surface area contributed by atoms with Gasteiger partial charge in [0.1, 0.15) is 24.4 Å². The number of aliphatic hydroxyl groups is 4. The number of aliphatic hydroxyl groups excluding tert-OH is 4. The van der Waals surface area contributed by atoms with Crippen molar-refractivity contribution in [2.75, 3.05) is 6.61 Å². The molecule has 6 N–H and O–H groups in total. The second kappa shape index (κ2) is 10.1. The van der Waals surface area contributed by atoms with Crippen molar-refractivity contribution in [1.82, 2.24) is 0 Å². The number of phosphoric acid groups is 1. The molecule has 0 amide bonds. The molecule has 0 bridgehead atoms. The van der Waals surface area contributed by atoms with E-state index in [1.165, 1.54) is 0 Å². The van der Waals surface area contributed by atoms with Crippen molar-refractivity contribution in [3.05, 3.63) is 0 Å².